The van der Waals surface area contributed by atoms with Crippen LogP contribution in [0.4, 0.5) is 0 Å². The summed E-state index contributed by atoms with van der Waals surface area (Å²) in [6, 6.07) is 0. The second-order valence-electron chi connectivity index (χ2n) is 4.98. The number of likely N-dealkylation sites (tertiary alicyclic amines) is 1. The molecule has 1 unspecified atom stereocenters. The monoisotopic (exact) mass is 241 g/mol. The minimum Gasteiger partial charge on any atom is -0.392 e. The van der Waals surface area contributed by atoms with Crippen molar-refractivity contribution in [3.05, 3.63) is 0 Å². The Balaban J connectivity index is 1.68. The van der Waals surface area contributed by atoms with Gasteiger partial charge in [0, 0.05) is 45.7 Å². The number of amides is 1. The highest BCUT2D eigenvalue weighted by Gasteiger charge is 2.20. The van der Waals surface area contributed by atoms with Gasteiger partial charge in [-0.3, -0.25) is 4.79 Å². The van der Waals surface area contributed by atoms with Crippen LogP contribution in [-0.2, 0) is 4.79 Å². The van der Waals surface area contributed by atoms with Gasteiger partial charge in [-0.25, -0.2) is 0 Å². The summed E-state index contributed by atoms with van der Waals surface area (Å²) in [5, 5.41) is 12.8. The second kappa shape index (κ2) is 6.33. The van der Waals surface area contributed by atoms with Crippen LogP contribution in [-0.4, -0.2) is 72.7 Å². The molecule has 0 aromatic rings. The van der Waals surface area contributed by atoms with Crippen molar-refractivity contribution in [1.82, 2.24) is 15.1 Å². The lowest BCUT2D eigenvalue weighted by molar-refractivity contribution is -0.132. The van der Waals surface area contributed by atoms with Crippen LogP contribution in [0.3, 0.4) is 0 Å². The molecule has 0 aliphatic carbocycles. The molecule has 0 bridgehead atoms. The van der Waals surface area contributed by atoms with E-state index in [1.54, 1.807) is 0 Å². The molecule has 0 aromatic heterocycles. The average molecular weight is 241 g/mol. The zero-order valence-electron chi connectivity index (χ0n) is 10.4. The number of piperidine rings is 1. The average Bonchev–Trinajstić information content (AvgIpc) is 2.37. The first-order valence-electron chi connectivity index (χ1n) is 6.64. The summed E-state index contributed by atoms with van der Waals surface area (Å²) in [5.74, 6) is 0.256. The lowest BCUT2D eigenvalue weighted by Gasteiger charge is -2.31. The highest BCUT2D eigenvalue weighted by Crippen LogP contribution is 2.10. The molecule has 0 saturated carbocycles. The number of β-amino-alcohol motifs (C(OH)–C–C–N with tert-alkyl or cyclic N) is 1. The van der Waals surface area contributed by atoms with Gasteiger partial charge in [-0.15, -0.1) is 0 Å². The summed E-state index contributed by atoms with van der Waals surface area (Å²) < 4.78 is 0. The standard InChI is InChI=1S/C12H23N3O2/c16-11-2-1-6-14(10-11)7-3-12(17)15-8-4-13-5-9-15/h11,13,16H,1-10H2. The number of rotatable bonds is 3. The van der Waals surface area contributed by atoms with E-state index in [-0.39, 0.29) is 12.0 Å². The normalized spacial score (nSPS) is 27.1. The molecular weight excluding hydrogens is 218 g/mol. The van der Waals surface area contributed by atoms with E-state index < -0.39 is 0 Å². The molecule has 2 rings (SSSR count). The van der Waals surface area contributed by atoms with Crippen LogP contribution in [0, 0.1) is 0 Å². The zero-order chi connectivity index (χ0) is 12.1. The van der Waals surface area contributed by atoms with Crippen LogP contribution >= 0.6 is 0 Å². The molecule has 98 valence electrons. The third-order valence-electron chi connectivity index (χ3n) is 3.59. The quantitative estimate of drug-likeness (QED) is 0.684. The minimum absolute atomic E-state index is 0.196. The number of aliphatic hydroxyl groups is 1. The van der Waals surface area contributed by atoms with Crippen molar-refractivity contribution in [1.29, 1.82) is 0 Å². The highest BCUT2D eigenvalue weighted by molar-refractivity contribution is 5.76. The lowest BCUT2D eigenvalue weighted by Crippen LogP contribution is -2.47. The molecule has 0 radical (unpaired) electrons. The van der Waals surface area contributed by atoms with Crippen molar-refractivity contribution < 1.29 is 9.90 Å². The molecule has 17 heavy (non-hydrogen) atoms. The number of nitrogens with one attached hydrogen (secondary N) is 1. The van der Waals surface area contributed by atoms with Crippen molar-refractivity contribution >= 4 is 5.91 Å². The Morgan fingerprint density at radius 3 is 2.76 bits per heavy atom. The Hall–Kier alpha value is -0.650. The minimum atomic E-state index is -0.196. The fourth-order valence-corrected chi connectivity index (χ4v) is 2.56. The van der Waals surface area contributed by atoms with Crippen LogP contribution in [0.1, 0.15) is 19.3 Å². The van der Waals surface area contributed by atoms with Gasteiger partial charge in [-0.1, -0.05) is 0 Å². The number of hydrogen-bond acceptors (Lipinski definition) is 4. The number of carbonyl (C=O) groups is 1. The molecule has 2 aliphatic rings. The molecule has 2 fully saturated rings. The third-order valence-corrected chi connectivity index (χ3v) is 3.59. The Morgan fingerprint density at radius 2 is 2.06 bits per heavy atom. The number of carbonyl (C=O) groups excluding carboxylic acids is 1. The molecule has 2 heterocycles. The van der Waals surface area contributed by atoms with Gasteiger partial charge >= 0.3 is 0 Å². The summed E-state index contributed by atoms with van der Waals surface area (Å²) in [6.45, 7) is 6.03. The maximum atomic E-state index is 11.9. The first kappa shape index (κ1) is 12.8. The fraction of sp³-hybridized carbons (Fsp3) is 0.917. The lowest BCUT2D eigenvalue weighted by atomic mass is 10.1. The number of hydrogen-bond donors (Lipinski definition) is 2. The fourth-order valence-electron chi connectivity index (χ4n) is 2.56. The van der Waals surface area contributed by atoms with Crippen LogP contribution < -0.4 is 5.32 Å². The Morgan fingerprint density at radius 1 is 1.29 bits per heavy atom. The molecule has 5 nitrogen and oxygen atoms in total. The molecule has 0 spiro atoms. The van der Waals surface area contributed by atoms with Crippen LogP contribution in [0.25, 0.3) is 0 Å². The van der Waals surface area contributed by atoms with Gasteiger partial charge in [-0.05, 0) is 19.4 Å². The van der Waals surface area contributed by atoms with Gasteiger partial charge in [0.2, 0.25) is 5.91 Å². The third kappa shape index (κ3) is 3.94. The molecule has 1 amide bonds. The highest BCUT2D eigenvalue weighted by atomic mass is 16.3. The largest absolute Gasteiger partial charge is 0.392 e. The van der Waals surface area contributed by atoms with Crippen molar-refractivity contribution in [2.75, 3.05) is 45.8 Å². The maximum Gasteiger partial charge on any atom is 0.223 e. The summed E-state index contributed by atoms with van der Waals surface area (Å²) in [6.07, 6.45) is 2.34. The Bertz CT molecular complexity index is 254. The van der Waals surface area contributed by atoms with E-state index in [9.17, 15) is 9.90 Å². The van der Waals surface area contributed by atoms with E-state index in [0.717, 1.165) is 58.7 Å². The zero-order valence-corrected chi connectivity index (χ0v) is 10.4. The Labute approximate surface area is 103 Å². The smallest absolute Gasteiger partial charge is 0.223 e. The van der Waals surface area contributed by atoms with E-state index in [2.05, 4.69) is 10.2 Å². The summed E-state index contributed by atoms with van der Waals surface area (Å²) in [5.41, 5.74) is 0. The first-order valence-corrected chi connectivity index (χ1v) is 6.64. The van der Waals surface area contributed by atoms with E-state index in [4.69, 9.17) is 0 Å². The van der Waals surface area contributed by atoms with Crippen molar-refractivity contribution in [2.45, 2.75) is 25.4 Å². The number of piperazine rings is 1. The van der Waals surface area contributed by atoms with Crippen molar-refractivity contribution in [3.63, 3.8) is 0 Å². The van der Waals surface area contributed by atoms with Crippen molar-refractivity contribution in [3.8, 4) is 0 Å². The molecule has 0 aromatic carbocycles. The SMILES string of the molecule is O=C(CCN1CCCC(O)C1)N1CCNCC1. The maximum absolute atomic E-state index is 11.9. The van der Waals surface area contributed by atoms with E-state index >= 15 is 0 Å². The number of nitrogens with zero attached hydrogens (tertiary/aromatic N) is 2. The van der Waals surface area contributed by atoms with Gasteiger partial charge in [0.25, 0.3) is 0 Å². The topological polar surface area (TPSA) is 55.8 Å². The Kier molecular flexibility index (Phi) is 4.76. The van der Waals surface area contributed by atoms with Gasteiger partial charge in [0.15, 0.2) is 0 Å². The van der Waals surface area contributed by atoms with Crippen LogP contribution in [0.15, 0.2) is 0 Å². The molecule has 2 saturated heterocycles. The van der Waals surface area contributed by atoms with Gasteiger partial charge in [0.1, 0.15) is 0 Å². The summed E-state index contributed by atoms with van der Waals surface area (Å²) in [7, 11) is 0. The molecule has 5 heteroatoms. The van der Waals surface area contributed by atoms with Crippen LogP contribution in [0.2, 0.25) is 0 Å². The predicted octanol–water partition coefficient (Wildman–Crippen LogP) is -0.735. The van der Waals surface area contributed by atoms with Gasteiger partial charge < -0.3 is 20.2 Å². The molecular formula is C12H23N3O2. The molecule has 2 N–H and O–H groups in total. The van der Waals surface area contributed by atoms with E-state index in [0.29, 0.717) is 6.42 Å². The number of aliphatic hydroxyl groups excluding tert-OH is 1. The predicted molar refractivity (Wildman–Crippen MR) is 65.7 cm³/mol. The van der Waals surface area contributed by atoms with Gasteiger partial charge in [0.05, 0.1) is 6.10 Å². The summed E-state index contributed by atoms with van der Waals surface area (Å²) in [4.78, 5) is 16.1. The van der Waals surface area contributed by atoms with Gasteiger partial charge in [-0.2, -0.15) is 0 Å². The van der Waals surface area contributed by atoms with Crippen LogP contribution in [0.5, 0.6) is 0 Å². The molecule has 1 atom stereocenters. The van der Waals surface area contributed by atoms with E-state index in [1.807, 2.05) is 4.90 Å². The molecule has 2 aliphatic heterocycles. The second-order valence-corrected chi connectivity index (χ2v) is 4.98. The summed E-state index contributed by atoms with van der Waals surface area (Å²) >= 11 is 0. The van der Waals surface area contributed by atoms with Crippen molar-refractivity contribution in [2.24, 2.45) is 0 Å². The van der Waals surface area contributed by atoms with E-state index in [1.165, 1.54) is 0 Å². The first-order chi connectivity index (χ1) is 8.25.